The number of nitrogens with zero attached hydrogens (tertiary/aromatic N) is 1. The Kier molecular flexibility index (Phi) is 5.99. The first-order valence-corrected chi connectivity index (χ1v) is 6.03. The lowest BCUT2D eigenvalue weighted by atomic mass is 10.2. The van der Waals surface area contributed by atoms with Crippen molar-refractivity contribution in [2.45, 2.75) is 5.51 Å². The molecule has 4 nitrogen and oxygen atoms in total. The van der Waals surface area contributed by atoms with E-state index in [-0.39, 0.29) is 0 Å². The average molecular weight is 283 g/mol. The summed E-state index contributed by atoms with van der Waals surface area (Å²) >= 11 is 0. The third-order valence-corrected chi connectivity index (χ3v) is 2.06. The maximum Gasteiger partial charge on any atom is 0.485 e. The van der Waals surface area contributed by atoms with E-state index in [2.05, 4.69) is 18.3 Å². The second-order valence-electron chi connectivity index (χ2n) is 3.40. The minimum absolute atomic E-state index is 1.24. The van der Waals surface area contributed by atoms with Crippen molar-refractivity contribution in [2.24, 2.45) is 0 Å². The van der Waals surface area contributed by atoms with E-state index in [0.717, 1.165) is 0 Å². The van der Waals surface area contributed by atoms with Crippen molar-refractivity contribution in [3.8, 4) is 0 Å². The van der Waals surface area contributed by atoms with Crippen molar-refractivity contribution >= 4 is 16.3 Å². The molecule has 0 N–H and O–H groups in total. The van der Waals surface area contributed by atoms with Gasteiger partial charge < -0.3 is 4.55 Å². The lowest BCUT2D eigenvalue weighted by Gasteiger charge is -2.08. The van der Waals surface area contributed by atoms with Crippen molar-refractivity contribution < 1.29 is 30.7 Å². The van der Waals surface area contributed by atoms with Gasteiger partial charge in [-0.1, -0.05) is 18.2 Å². The summed E-state index contributed by atoms with van der Waals surface area (Å²) in [6, 6.07) is 10.3. The maximum absolute atomic E-state index is 10.7. The molecule has 0 unspecified atom stereocenters. The van der Waals surface area contributed by atoms with Gasteiger partial charge in [0.05, 0.1) is 0 Å². The molecule has 0 amide bonds. The molecule has 8 heteroatoms. The lowest BCUT2D eigenvalue weighted by Crippen LogP contribution is -2.21. The van der Waals surface area contributed by atoms with E-state index < -0.39 is 15.6 Å². The van der Waals surface area contributed by atoms with E-state index >= 15 is 0 Å². The van der Waals surface area contributed by atoms with Gasteiger partial charge in [0.15, 0.2) is 16.3 Å². The van der Waals surface area contributed by atoms with E-state index in [1.807, 2.05) is 36.9 Å². The normalized spacial score (nSPS) is 11.2. The van der Waals surface area contributed by atoms with Crippen LogP contribution in [-0.2, 0) is 10.1 Å². The molecule has 18 heavy (non-hydrogen) atoms. The molecule has 0 aliphatic heterocycles. The number of hydrogen-bond acceptors (Lipinski definition) is 3. The molecule has 1 aromatic carbocycles. The predicted molar refractivity (Wildman–Crippen MR) is 59.5 cm³/mol. The quantitative estimate of drug-likeness (QED) is 0.339. The van der Waals surface area contributed by atoms with E-state index in [9.17, 15) is 13.2 Å². The van der Waals surface area contributed by atoms with Gasteiger partial charge in [0.1, 0.15) is 14.1 Å². The van der Waals surface area contributed by atoms with Gasteiger partial charge >= 0.3 is 5.51 Å². The van der Waals surface area contributed by atoms with Crippen LogP contribution < -0.4 is 0 Å². The summed E-state index contributed by atoms with van der Waals surface area (Å²) in [5.41, 5.74) is -4.40. The summed E-state index contributed by atoms with van der Waals surface area (Å²) in [6.07, 6.45) is 2.08. The molecule has 0 bridgehead atoms. The lowest BCUT2D eigenvalue weighted by molar-refractivity contribution is -0.458. The molecule has 0 radical (unpaired) electrons. The molecule has 0 saturated carbocycles. The summed E-state index contributed by atoms with van der Waals surface area (Å²) in [5.74, 6) is 0. The molecule has 0 atom stereocenters. The number of rotatable bonds is 1. The van der Waals surface area contributed by atoms with Crippen molar-refractivity contribution in [1.29, 1.82) is 0 Å². The molecule has 0 aliphatic carbocycles. The Balaban J connectivity index is 0.000000331. The molecule has 0 aromatic heterocycles. The highest BCUT2D eigenvalue weighted by molar-refractivity contribution is 7.86. The number of hydrogen-bond donors (Lipinski definition) is 0. The van der Waals surface area contributed by atoms with Crippen LogP contribution >= 0.6 is 0 Å². The Morgan fingerprint density at radius 1 is 1.17 bits per heavy atom. The first kappa shape index (κ1) is 16.6. The fourth-order valence-corrected chi connectivity index (χ4v) is 0.837. The molecule has 0 spiro atoms. The average Bonchev–Trinajstić information content (AvgIpc) is 2.15. The summed E-state index contributed by atoms with van der Waals surface area (Å²) in [5, 5.41) is 0. The van der Waals surface area contributed by atoms with Crippen LogP contribution in [0.4, 0.5) is 13.2 Å². The molecular formula is C10H12F3NO3S. The highest BCUT2D eigenvalue weighted by atomic mass is 32.2. The smallest absolute Gasteiger partial charge is 0.485 e. The van der Waals surface area contributed by atoms with E-state index in [0.29, 0.717) is 0 Å². The Morgan fingerprint density at radius 3 is 1.83 bits per heavy atom. The minimum Gasteiger partial charge on any atom is -0.741 e. The zero-order valence-corrected chi connectivity index (χ0v) is 10.5. The first-order chi connectivity index (χ1) is 8.04. The van der Waals surface area contributed by atoms with Crippen LogP contribution in [0.15, 0.2) is 30.3 Å². The zero-order chi connectivity index (χ0) is 14.4. The molecule has 1 rings (SSSR count). The standard InChI is InChI=1S/C9H12N.CHF3O3S/c1-10(2)8-9-6-4-3-5-7-9;2-1(3,4)8(5,6)7/h3-8H,1-2H3;(H,5,6,7)/q+1;/p-1. The largest absolute Gasteiger partial charge is 0.741 e. The molecule has 0 fully saturated rings. The zero-order valence-electron chi connectivity index (χ0n) is 9.68. The summed E-state index contributed by atoms with van der Waals surface area (Å²) in [6.45, 7) is 0. The molecule has 1 aromatic rings. The Morgan fingerprint density at radius 2 is 1.56 bits per heavy atom. The topological polar surface area (TPSA) is 60.2 Å². The minimum atomic E-state index is -6.09. The van der Waals surface area contributed by atoms with E-state index in [4.69, 9.17) is 13.0 Å². The van der Waals surface area contributed by atoms with Gasteiger partial charge in [0.25, 0.3) is 0 Å². The van der Waals surface area contributed by atoms with Crippen LogP contribution in [0.3, 0.4) is 0 Å². The first-order valence-electron chi connectivity index (χ1n) is 4.62. The molecule has 0 heterocycles. The van der Waals surface area contributed by atoms with Crippen LogP contribution in [0, 0.1) is 0 Å². The van der Waals surface area contributed by atoms with Crippen LogP contribution in [0.5, 0.6) is 0 Å². The molecule has 0 aliphatic rings. The summed E-state index contributed by atoms with van der Waals surface area (Å²) < 4.78 is 60.9. The highest BCUT2D eigenvalue weighted by Gasteiger charge is 2.36. The van der Waals surface area contributed by atoms with Crippen molar-refractivity contribution in [1.82, 2.24) is 0 Å². The number of benzene rings is 1. The van der Waals surface area contributed by atoms with Gasteiger partial charge in [-0.25, -0.2) is 13.0 Å². The third kappa shape index (κ3) is 7.02. The second-order valence-corrected chi connectivity index (χ2v) is 4.77. The number of alkyl halides is 3. The van der Waals surface area contributed by atoms with Crippen molar-refractivity contribution in [3.05, 3.63) is 35.9 Å². The van der Waals surface area contributed by atoms with Gasteiger partial charge in [0.2, 0.25) is 0 Å². The van der Waals surface area contributed by atoms with Crippen LogP contribution in [0.2, 0.25) is 0 Å². The fourth-order valence-electron chi connectivity index (χ4n) is 0.837. The van der Waals surface area contributed by atoms with Crippen LogP contribution in [0.25, 0.3) is 0 Å². The Hall–Kier alpha value is -1.41. The Labute approximate surface area is 103 Å². The van der Waals surface area contributed by atoms with Gasteiger partial charge in [-0.2, -0.15) is 13.2 Å². The maximum atomic E-state index is 10.7. The third-order valence-electron chi connectivity index (χ3n) is 1.49. The van der Waals surface area contributed by atoms with Crippen molar-refractivity contribution in [3.63, 3.8) is 0 Å². The second kappa shape index (κ2) is 6.50. The summed E-state index contributed by atoms with van der Waals surface area (Å²) in [4.78, 5) is 0. The predicted octanol–water partition coefficient (Wildman–Crippen LogP) is 1.43. The molecule has 0 saturated heterocycles. The monoisotopic (exact) mass is 283 g/mol. The van der Waals surface area contributed by atoms with E-state index in [1.54, 1.807) is 0 Å². The fraction of sp³-hybridized carbons (Fsp3) is 0.300. The van der Waals surface area contributed by atoms with Gasteiger partial charge in [-0.15, -0.1) is 0 Å². The highest BCUT2D eigenvalue weighted by Crippen LogP contribution is 2.20. The van der Waals surface area contributed by atoms with Gasteiger partial charge in [0, 0.05) is 5.56 Å². The summed E-state index contributed by atoms with van der Waals surface area (Å²) in [7, 11) is -2.05. The SMILES string of the molecule is C[N+](C)=Cc1ccccc1.O=S(=O)([O-])C(F)(F)F. The van der Waals surface area contributed by atoms with Crippen molar-refractivity contribution in [2.75, 3.05) is 14.1 Å². The van der Waals surface area contributed by atoms with Gasteiger partial charge in [-0.3, -0.25) is 0 Å². The van der Waals surface area contributed by atoms with Crippen LogP contribution in [-0.4, -0.2) is 43.4 Å². The van der Waals surface area contributed by atoms with Crippen LogP contribution in [0.1, 0.15) is 5.56 Å². The molecule has 102 valence electrons. The number of halogens is 3. The Bertz CT molecular complexity index is 491. The molecular weight excluding hydrogens is 271 g/mol. The van der Waals surface area contributed by atoms with E-state index in [1.165, 1.54) is 5.56 Å². The van der Waals surface area contributed by atoms with Gasteiger partial charge in [-0.05, 0) is 12.1 Å².